The molecule has 0 spiro atoms. The van der Waals surface area contributed by atoms with Crippen LogP contribution in [0.5, 0.6) is 0 Å². The van der Waals surface area contributed by atoms with Crippen molar-refractivity contribution in [3.8, 4) is 0 Å². The molecular weight excluding hydrogens is 274 g/mol. The molecule has 6 atom stereocenters. The highest BCUT2D eigenvalue weighted by atomic mass is 16.3. The van der Waals surface area contributed by atoms with Gasteiger partial charge in [-0.2, -0.15) is 0 Å². The molecule has 3 nitrogen and oxygen atoms in total. The molecule has 3 aliphatic rings. The Balaban J connectivity index is 1.53. The van der Waals surface area contributed by atoms with E-state index in [0.29, 0.717) is 23.9 Å². The van der Waals surface area contributed by atoms with E-state index in [1.165, 1.54) is 44.9 Å². The van der Waals surface area contributed by atoms with E-state index >= 15 is 0 Å². The molecule has 0 aromatic rings. The van der Waals surface area contributed by atoms with Crippen LogP contribution in [-0.4, -0.2) is 34.5 Å². The zero-order valence-corrected chi connectivity index (χ0v) is 14.2. The van der Waals surface area contributed by atoms with E-state index in [1.807, 2.05) is 0 Å². The van der Waals surface area contributed by atoms with Gasteiger partial charge in [0.05, 0.1) is 12.2 Å². The van der Waals surface area contributed by atoms with Crippen molar-refractivity contribution in [3.05, 3.63) is 0 Å². The summed E-state index contributed by atoms with van der Waals surface area (Å²) < 4.78 is 0. The lowest BCUT2D eigenvalue weighted by Crippen LogP contribution is -2.55. The highest BCUT2D eigenvalue weighted by molar-refractivity contribution is 4.93. The Morgan fingerprint density at radius 2 is 1.68 bits per heavy atom. The first-order valence-corrected chi connectivity index (χ1v) is 9.75. The molecule has 22 heavy (non-hydrogen) atoms. The van der Waals surface area contributed by atoms with Gasteiger partial charge in [0.2, 0.25) is 0 Å². The van der Waals surface area contributed by atoms with Crippen LogP contribution in [0.4, 0.5) is 0 Å². The Morgan fingerprint density at radius 3 is 2.41 bits per heavy atom. The second-order valence-electron chi connectivity index (χ2n) is 8.37. The monoisotopic (exact) mass is 309 g/mol. The first-order valence-electron chi connectivity index (χ1n) is 9.75. The molecule has 0 aromatic heterocycles. The summed E-state index contributed by atoms with van der Waals surface area (Å²) in [5.41, 5.74) is 0. The predicted molar refractivity (Wildman–Crippen MR) is 89.7 cm³/mol. The number of piperidine rings is 1. The van der Waals surface area contributed by atoms with Gasteiger partial charge in [-0.3, -0.25) is 0 Å². The molecule has 3 rings (SSSR count). The molecule has 3 fully saturated rings. The molecule has 1 aliphatic heterocycles. The van der Waals surface area contributed by atoms with Crippen LogP contribution in [0, 0.1) is 17.8 Å². The Hall–Kier alpha value is -0.120. The van der Waals surface area contributed by atoms with Crippen LogP contribution in [0.25, 0.3) is 0 Å². The second kappa shape index (κ2) is 7.63. The normalized spacial score (nSPS) is 44.9. The fourth-order valence-corrected chi connectivity index (χ4v) is 5.29. The molecule has 2 aliphatic carbocycles. The van der Waals surface area contributed by atoms with Crippen LogP contribution < -0.4 is 5.32 Å². The van der Waals surface area contributed by atoms with Gasteiger partial charge in [-0.25, -0.2) is 0 Å². The van der Waals surface area contributed by atoms with Gasteiger partial charge >= 0.3 is 0 Å². The number of hydrogen-bond donors (Lipinski definition) is 3. The van der Waals surface area contributed by atoms with E-state index in [0.717, 1.165) is 31.6 Å². The molecule has 0 bridgehead atoms. The fraction of sp³-hybridized carbons (Fsp3) is 1.00. The quantitative estimate of drug-likeness (QED) is 0.750. The number of aliphatic hydroxyl groups is 2. The summed E-state index contributed by atoms with van der Waals surface area (Å²) in [4.78, 5) is 0. The van der Waals surface area contributed by atoms with E-state index in [9.17, 15) is 10.2 Å². The Kier molecular flexibility index (Phi) is 5.80. The average molecular weight is 309 g/mol. The summed E-state index contributed by atoms with van der Waals surface area (Å²) in [6, 6.07) is 0.918. The van der Waals surface area contributed by atoms with Crippen LogP contribution in [-0.2, 0) is 0 Å². The lowest BCUT2D eigenvalue weighted by Gasteiger charge is -2.43. The number of hydrogen-bond acceptors (Lipinski definition) is 3. The maximum Gasteiger partial charge on any atom is 0.0696 e. The maximum absolute atomic E-state index is 10.4. The van der Waals surface area contributed by atoms with Gasteiger partial charge in [-0.1, -0.05) is 26.2 Å². The molecule has 3 N–H and O–H groups in total. The highest BCUT2D eigenvalue weighted by Gasteiger charge is 2.36. The van der Waals surface area contributed by atoms with Crippen molar-refractivity contribution in [1.29, 1.82) is 0 Å². The van der Waals surface area contributed by atoms with Gasteiger partial charge in [-0.15, -0.1) is 0 Å². The van der Waals surface area contributed by atoms with E-state index in [2.05, 4.69) is 12.2 Å². The third-order valence-electron chi connectivity index (χ3n) is 6.72. The van der Waals surface area contributed by atoms with Crippen molar-refractivity contribution in [1.82, 2.24) is 5.32 Å². The van der Waals surface area contributed by atoms with E-state index < -0.39 is 0 Å². The van der Waals surface area contributed by atoms with E-state index in [1.54, 1.807) is 0 Å². The van der Waals surface area contributed by atoms with Gasteiger partial charge in [0, 0.05) is 12.1 Å². The van der Waals surface area contributed by atoms with Gasteiger partial charge in [-0.05, 0) is 69.1 Å². The second-order valence-corrected chi connectivity index (χ2v) is 8.37. The zero-order valence-electron chi connectivity index (χ0n) is 14.2. The molecule has 128 valence electrons. The summed E-state index contributed by atoms with van der Waals surface area (Å²) in [6.45, 7) is 2.31. The van der Waals surface area contributed by atoms with Gasteiger partial charge in [0.1, 0.15) is 0 Å². The molecular formula is C19H35NO2. The minimum atomic E-state index is -0.134. The predicted octanol–water partition coefficient (Wildman–Crippen LogP) is 3.24. The summed E-state index contributed by atoms with van der Waals surface area (Å²) in [6.07, 6.45) is 12.9. The number of aliphatic hydroxyl groups excluding tert-OH is 2. The van der Waals surface area contributed by atoms with Crippen molar-refractivity contribution in [2.45, 2.75) is 102 Å². The van der Waals surface area contributed by atoms with Crippen molar-refractivity contribution >= 4 is 0 Å². The van der Waals surface area contributed by atoms with Crippen LogP contribution in [0.2, 0.25) is 0 Å². The maximum atomic E-state index is 10.4. The third-order valence-corrected chi connectivity index (χ3v) is 6.72. The molecule has 0 radical (unpaired) electrons. The number of rotatable bonds is 3. The van der Waals surface area contributed by atoms with Crippen molar-refractivity contribution in [2.75, 3.05) is 0 Å². The van der Waals surface area contributed by atoms with Gasteiger partial charge in [0.25, 0.3) is 0 Å². The SMILES string of the molecule is CC1CC(O)CCC1CC1CCC(O)C(C2CCCCC2)N1. The smallest absolute Gasteiger partial charge is 0.0696 e. The minimum absolute atomic E-state index is 0.0672. The average Bonchev–Trinajstić information content (AvgIpc) is 2.52. The fourth-order valence-electron chi connectivity index (χ4n) is 5.29. The summed E-state index contributed by atoms with van der Waals surface area (Å²) >= 11 is 0. The van der Waals surface area contributed by atoms with Gasteiger partial charge < -0.3 is 15.5 Å². The Bertz CT molecular complexity index is 342. The summed E-state index contributed by atoms with van der Waals surface area (Å²) in [5, 5.41) is 24.1. The molecule has 3 heteroatoms. The first kappa shape index (κ1) is 16.7. The zero-order chi connectivity index (χ0) is 15.5. The van der Waals surface area contributed by atoms with Crippen LogP contribution in [0.3, 0.4) is 0 Å². The van der Waals surface area contributed by atoms with Crippen LogP contribution >= 0.6 is 0 Å². The van der Waals surface area contributed by atoms with E-state index in [-0.39, 0.29) is 12.2 Å². The van der Waals surface area contributed by atoms with Crippen molar-refractivity contribution in [3.63, 3.8) is 0 Å². The minimum Gasteiger partial charge on any atom is -0.393 e. The molecule has 6 unspecified atom stereocenters. The standard InChI is InChI=1S/C19H35NO2/c1-13-11-17(21)9-7-15(13)12-16-8-10-18(22)19(20-16)14-5-3-2-4-6-14/h13-22H,2-12H2,1H3. The largest absolute Gasteiger partial charge is 0.393 e. The Morgan fingerprint density at radius 1 is 0.909 bits per heavy atom. The lowest BCUT2D eigenvalue weighted by atomic mass is 9.73. The van der Waals surface area contributed by atoms with Crippen LogP contribution in [0.1, 0.15) is 77.6 Å². The van der Waals surface area contributed by atoms with Crippen LogP contribution in [0.15, 0.2) is 0 Å². The first-order chi connectivity index (χ1) is 10.6. The summed E-state index contributed by atoms with van der Waals surface area (Å²) in [5.74, 6) is 2.09. The van der Waals surface area contributed by atoms with Crippen molar-refractivity contribution in [2.24, 2.45) is 17.8 Å². The van der Waals surface area contributed by atoms with E-state index in [4.69, 9.17) is 0 Å². The third kappa shape index (κ3) is 4.04. The van der Waals surface area contributed by atoms with Crippen molar-refractivity contribution < 1.29 is 10.2 Å². The Labute approximate surface area is 135 Å². The highest BCUT2D eigenvalue weighted by Crippen LogP contribution is 2.36. The molecule has 0 aromatic carbocycles. The molecule has 0 amide bonds. The summed E-state index contributed by atoms with van der Waals surface area (Å²) in [7, 11) is 0. The van der Waals surface area contributed by atoms with Gasteiger partial charge in [0.15, 0.2) is 0 Å². The number of nitrogens with one attached hydrogen (secondary N) is 1. The molecule has 2 saturated carbocycles. The molecule has 1 heterocycles. The lowest BCUT2D eigenvalue weighted by molar-refractivity contribution is 0.0274. The molecule has 1 saturated heterocycles. The topological polar surface area (TPSA) is 52.5 Å².